The fraction of sp³-hybridized carbons (Fsp3) is 0.357. The minimum absolute atomic E-state index is 0.0639. The first-order valence-corrected chi connectivity index (χ1v) is 6.99. The van der Waals surface area contributed by atoms with Crippen LogP contribution in [0.4, 0.5) is 5.69 Å². The van der Waals surface area contributed by atoms with Crippen LogP contribution in [0.25, 0.3) is 0 Å². The van der Waals surface area contributed by atoms with E-state index in [1.165, 1.54) is 31.2 Å². The lowest BCUT2D eigenvalue weighted by Crippen LogP contribution is -2.46. The summed E-state index contributed by atoms with van der Waals surface area (Å²) in [6, 6.07) is 3.39. The topological polar surface area (TPSA) is 165 Å². The number of aliphatic carboxylic acids is 1. The Balaban J connectivity index is 2.45. The Kier molecular flexibility index (Phi) is 6.80. The van der Waals surface area contributed by atoms with Crippen LogP contribution < -0.4 is 16.4 Å². The van der Waals surface area contributed by atoms with E-state index in [-0.39, 0.29) is 18.7 Å². The molecule has 5 N–H and O–H groups in total. The Bertz CT molecular complexity index is 631. The van der Waals surface area contributed by atoms with Gasteiger partial charge in [0.25, 0.3) is 5.69 Å². The molecule has 1 aromatic carbocycles. The molecule has 0 heterocycles. The van der Waals surface area contributed by atoms with Crippen LogP contribution in [0.1, 0.15) is 18.9 Å². The second kappa shape index (κ2) is 8.58. The molecule has 0 aliphatic carbocycles. The van der Waals surface area contributed by atoms with Crippen molar-refractivity contribution in [3.63, 3.8) is 0 Å². The van der Waals surface area contributed by atoms with E-state index in [2.05, 4.69) is 10.6 Å². The van der Waals surface area contributed by atoms with Gasteiger partial charge in [0.05, 0.1) is 17.4 Å². The summed E-state index contributed by atoms with van der Waals surface area (Å²) < 4.78 is 0. The van der Waals surface area contributed by atoms with Crippen LogP contribution in [0.15, 0.2) is 24.3 Å². The van der Waals surface area contributed by atoms with Crippen molar-refractivity contribution in [2.24, 2.45) is 5.73 Å². The lowest BCUT2D eigenvalue weighted by molar-refractivity contribution is -0.384. The number of non-ortho nitro benzene ring substituents is 1. The third-order valence-corrected chi connectivity index (χ3v) is 3.10. The van der Waals surface area contributed by atoms with Gasteiger partial charge in [0.15, 0.2) is 0 Å². The molecule has 0 spiro atoms. The molecule has 0 fully saturated rings. The Hall–Kier alpha value is -3.01. The number of carboxylic acids is 1. The van der Waals surface area contributed by atoms with E-state index in [0.717, 1.165) is 0 Å². The smallest absolute Gasteiger partial charge is 0.325 e. The Labute approximate surface area is 137 Å². The minimum atomic E-state index is -1.19. The van der Waals surface area contributed by atoms with Crippen LogP contribution in [0.2, 0.25) is 0 Å². The summed E-state index contributed by atoms with van der Waals surface area (Å²) in [5, 5.41) is 23.9. The average Bonchev–Trinajstić information content (AvgIpc) is 2.52. The first-order valence-electron chi connectivity index (χ1n) is 6.99. The molecule has 0 aliphatic heterocycles. The van der Waals surface area contributed by atoms with Gasteiger partial charge in [0.2, 0.25) is 11.8 Å². The molecule has 10 heteroatoms. The minimum Gasteiger partial charge on any atom is -0.480 e. The number of rotatable bonds is 8. The van der Waals surface area contributed by atoms with E-state index in [0.29, 0.717) is 5.56 Å². The maximum absolute atomic E-state index is 11.8. The molecule has 1 rings (SSSR count). The number of carbonyl (C=O) groups is 3. The number of hydrogen-bond donors (Lipinski definition) is 4. The van der Waals surface area contributed by atoms with Gasteiger partial charge in [-0.1, -0.05) is 12.1 Å². The summed E-state index contributed by atoms with van der Waals surface area (Å²) in [7, 11) is 0. The van der Waals surface area contributed by atoms with Crippen LogP contribution in [-0.4, -0.2) is 39.9 Å². The predicted octanol–water partition coefficient (Wildman–Crippen LogP) is -0.482. The lowest BCUT2D eigenvalue weighted by atomic mass is 10.1. The molecule has 10 nitrogen and oxygen atoms in total. The fourth-order valence-corrected chi connectivity index (χ4v) is 1.71. The van der Waals surface area contributed by atoms with Crippen molar-refractivity contribution in [2.75, 3.05) is 0 Å². The first-order chi connectivity index (χ1) is 11.2. The van der Waals surface area contributed by atoms with Crippen LogP contribution in [0.3, 0.4) is 0 Å². The second-order valence-corrected chi connectivity index (χ2v) is 5.08. The number of carbonyl (C=O) groups excluding carboxylic acids is 2. The summed E-state index contributed by atoms with van der Waals surface area (Å²) in [5.74, 6) is -2.44. The highest BCUT2D eigenvalue weighted by Gasteiger charge is 2.20. The van der Waals surface area contributed by atoms with Crippen LogP contribution in [0.5, 0.6) is 0 Å². The van der Waals surface area contributed by atoms with Gasteiger partial charge in [-0.05, 0) is 12.5 Å². The van der Waals surface area contributed by atoms with Crippen molar-refractivity contribution in [1.82, 2.24) is 10.6 Å². The molecule has 2 atom stereocenters. The fourth-order valence-electron chi connectivity index (χ4n) is 1.71. The highest BCUT2D eigenvalue weighted by atomic mass is 16.6. The van der Waals surface area contributed by atoms with Crippen molar-refractivity contribution in [1.29, 1.82) is 0 Å². The molecule has 0 radical (unpaired) electrons. The average molecular weight is 338 g/mol. The number of nitro benzene ring substituents is 1. The Morgan fingerprint density at radius 2 is 1.88 bits per heavy atom. The number of nitrogens with one attached hydrogen (secondary N) is 2. The lowest BCUT2D eigenvalue weighted by Gasteiger charge is -2.14. The van der Waals surface area contributed by atoms with E-state index in [1.807, 2.05) is 0 Å². The van der Waals surface area contributed by atoms with Gasteiger partial charge < -0.3 is 21.5 Å². The molecule has 24 heavy (non-hydrogen) atoms. The van der Waals surface area contributed by atoms with Crippen molar-refractivity contribution < 1.29 is 24.4 Å². The number of benzene rings is 1. The summed E-state index contributed by atoms with van der Waals surface area (Å²) in [4.78, 5) is 44.0. The molecule has 0 saturated carbocycles. The summed E-state index contributed by atoms with van der Waals surface area (Å²) in [5.41, 5.74) is 6.15. The molecule has 0 unspecified atom stereocenters. The first kappa shape index (κ1) is 19.0. The Morgan fingerprint density at radius 1 is 1.29 bits per heavy atom. The number of carboxylic acid groups (broad SMARTS) is 1. The second-order valence-electron chi connectivity index (χ2n) is 5.08. The third kappa shape index (κ3) is 6.01. The van der Waals surface area contributed by atoms with Gasteiger partial charge in [-0.3, -0.25) is 24.5 Å². The molecule has 1 aromatic rings. The van der Waals surface area contributed by atoms with Gasteiger partial charge in [0.1, 0.15) is 6.04 Å². The molecule has 0 saturated heterocycles. The van der Waals surface area contributed by atoms with E-state index in [1.54, 1.807) is 0 Å². The normalized spacial score (nSPS) is 12.8. The molecule has 0 bridgehead atoms. The van der Waals surface area contributed by atoms with E-state index in [4.69, 9.17) is 10.8 Å². The summed E-state index contributed by atoms with van der Waals surface area (Å²) in [6.07, 6.45) is -0.357. The number of nitro groups is 1. The van der Waals surface area contributed by atoms with Crippen molar-refractivity contribution in [2.45, 2.75) is 32.0 Å². The van der Waals surface area contributed by atoms with Gasteiger partial charge >= 0.3 is 5.97 Å². The summed E-state index contributed by atoms with van der Waals surface area (Å²) >= 11 is 0. The third-order valence-electron chi connectivity index (χ3n) is 3.10. The van der Waals surface area contributed by atoms with Crippen LogP contribution >= 0.6 is 0 Å². The van der Waals surface area contributed by atoms with E-state index < -0.39 is 34.8 Å². The molecular formula is C14H18N4O6. The highest BCUT2D eigenvalue weighted by Crippen LogP contribution is 2.11. The standard InChI is InChI=1S/C14H18N4O6/c1-8(14(21)22)17-12(19)6-11(15)13(20)16-7-9-2-4-10(5-3-9)18(23)24/h2-5,8,11H,6-7,15H2,1H3,(H,16,20)(H,17,19)(H,21,22)/t8-,11-/m0/s1. The molecular weight excluding hydrogens is 320 g/mol. The van der Waals surface area contributed by atoms with Crippen LogP contribution in [0, 0.1) is 10.1 Å². The summed E-state index contributed by atoms with van der Waals surface area (Å²) in [6.45, 7) is 1.39. The maximum atomic E-state index is 11.8. The Morgan fingerprint density at radius 3 is 2.38 bits per heavy atom. The molecule has 0 aromatic heterocycles. The predicted molar refractivity (Wildman–Crippen MR) is 82.8 cm³/mol. The number of nitrogens with two attached hydrogens (primary N) is 1. The van der Waals surface area contributed by atoms with Gasteiger partial charge in [-0.2, -0.15) is 0 Å². The van der Waals surface area contributed by atoms with Crippen molar-refractivity contribution in [3.05, 3.63) is 39.9 Å². The molecule has 130 valence electrons. The quantitative estimate of drug-likeness (QED) is 0.367. The number of hydrogen-bond acceptors (Lipinski definition) is 6. The van der Waals surface area contributed by atoms with Crippen molar-refractivity contribution in [3.8, 4) is 0 Å². The van der Waals surface area contributed by atoms with Crippen molar-refractivity contribution >= 4 is 23.5 Å². The van der Waals surface area contributed by atoms with Gasteiger partial charge in [0, 0.05) is 18.7 Å². The van der Waals surface area contributed by atoms with Gasteiger partial charge in [-0.15, -0.1) is 0 Å². The zero-order valence-electron chi connectivity index (χ0n) is 12.9. The van der Waals surface area contributed by atoms with Crippen LogP contribution in [-0.2, 0) is 20.9 Å². The van der Waals surface area contributed by atoms with Gasteiger partial charge in [-0.25, -0.2) is 0 Å². The zero-order valence-corrected chi connectivity index (χ0v) is 12.9. The highest BCUT2D eigenvalue weighted by molar-refractivity contribution is 5.89. The van der Waals surface area contributed by atoms with E-state index in [9.17, 15) is 24.5 Å². The SMILES string of the molecule is C[C@H](NC(=O)C[C@H](N)C(=O)NCc1ccc([N+](=O)[O-])cc1)C(=O)O. The maximum Gasteiger partial charge on any atom is 0.325 e. The number of amides is 2. The number of nitrogens with zero attached hydrogens (tertiary/aromatic N) is 1. The zero-order chi connectivity index (χ0) is 18.3. The van der Waals surface area contributed by atoms with E-state index >= 15 is 0 Å². The largest absolute Gasteiger partial charge is 0.480 e. The molecule has 0 aliphatic rings. The monoisotopic (exact) mass is 338 g/mol. The molecule has 2 amide bonds.